The van der Waals surface area contributed by atoms with Gasteiger partial charge in [0.25, 0.3) is 5.91 Å². The van der Waals surface area contributed by atoms with E-state index in [4.69, 9.17) is 5.73 Å². The second-order valence-corrected chi connectivity index (χ2v) is 5.51. The number of likely N-dealkylation sites (tertiary alicyclic amines) is 1. The number of piperidine rings is 1. The molecular formula is C13H21N3O3. The molecule has 0 spiro atoms. The van der Waals surface area contributed by atoms with Crippen LogP contribution in [0.25, 0.3) is 0 Å². The zero-order valence-electron chi connectivity index (χ0n) is 11.2. The molecule has 6 nitrogen and oxygen atoms in total. The van der Waals surface area contributed by atoms with E-state index in [0.717, 1.165) is 24.2 Å². The van der Waals surface area contributed by atoms with Gasteiger partial charge < -0.3 is 11.1 Å². The number of imide groups is 1. The Morgan fingerprint density at radius 2 is 2.05 bits per heavy atom. The van der Waals surface area contributed by atoms with E-state index in [2.05, 4.69) is 5.32 Å². The topological polar surface area (TPSA) is 92.5 Å². The molecule has 0 aromatic carbocycles. The Hall–Kier alpha value is -1.43. The van der Waals surface area contributed by atoms with E-state index in [1.54, 1.807) is 0 Å². The quantitative estimate of drug-likeness (QED) is 0.676. The molecule has 19 heavy (non-hydrogen) atoms. The van der Waals surface area contributed by atoms with E-state index in [0.29, 0.717) is 19.3 Å². The lowest BCUT2D eigenvalue weighted by atomic mass is 9.85. The molecule has 0 aromatic heterocycles. The number of nitrogens with one attached hydrogen (secondary N) is 1. The summed E-state index contributed by atoms with van der Waals surface area (Å²) < 4.78 is 0. The van der Waals surface area contributed by atoms with Gasteiger partial charge in [-0.05, 0) is 25.7 Å². The van der Waals surface area contributed by atoms with Gasteiger partial charge in [-0.3, -0.25) is 19.3 Å². The first kappa shape index (κ1) is 14.0. The molecule has 1 saturated heterocycles. The first-order valence-electron chi connectivity index (χ1n) is 6.85. The maximum absolute atomic E-state index is 12.1. The highest BCUT2D eigenvalue weighted by Gasteiger charge is 2.34. The summed E-state index contributed by atoms with van der Waals surface area (Å²) in [7, 11) is 1.46. The number of hydrogen-bond donors (Lipinski definition) is 2. The lowest BCUT2D eigenvalue weighted by Crippen LogP contribution is -2.54. The van der Waals surface area contributed by atoms with Crippen molar-refractivity contribution in [3.63, 3.8) is 0 Å². The molecular weight excluding hydrogens is 246 g/mol. The Balaban J connectivity index is 1.91. The first-order valence-corrected chi connectivity index (χ1v) is 6.85. The molecule has 3 amide bonds. The van der Waals surface area contributed by atoms with Crippen LogP contribution in [0, 0.1) is 5.92 Å². The van der Waals surface area contributed by atoms with Crippen LogP contribution < -0.4 is 11.1 Å². The minimum Gasteiger partial charge on any atom is -0.344 e. The predicted octanol–water partition coefficient (Wildman–Crippen LogP) is -0.232. The summed E-state index contributed by atoms with van der Waals surface area (Å²) in [5, 5.41) is 2.77. The molecule has 0 bridgehead atoms. The van der Waals surface area contributed by atoms with Crippen LogP contribution in [-0.4, -0.2) is 41.8 Å². The van der Waals surface area contributed by atoms with Crippen molar-refractivity contribution < 1.29 is 14.4 Å². The van der Waals surface area contributed by atoms with Crippen molar-refractivity contribution in [3.05, 3.63) is 0 Å². The molecule has 6 heteroatoms. The number of amides is 3. The molecule has 0 radical (unpaired) electrons. The summed E-state index contributed by atoms with van der Waals surface area (Å²) in [5.41, 5.74) is 5.86. The number of rotatable bonds is 2. The Labute approximate surface area is 112 Å². The number of likely N-dealkylation sites (N-methyl/N-ethyl adjacent to an activating group) is 1. The molecule has 1 saturated carbocycles. The standard InChI is InChI=1S/C13H21N3O3/c1-16-11(17)6-5-10(13(16)19)15-12(18)8-3-2-4-9(14)7-8/h8-10H,2-7,14H2,1H3,(H,15,18). The molecule has 1 heterocycles. The Kier molecular flexibility index (Phi) is 4.19. The fraction of sp³-hybridized carbons (Fsp3) is 0.769. The number of nitrogens with two attached hydrogens (primary N) is 1. The van der Waals surface area contributed by atoms with Crippen LogP contribution in [0.5, 0.6) is 0 Å². The van der Waals surface area contributed by atoms with E-state index in [1.807, 2.05) is 0 Å². The van der Waals surface area contributed by atoms with Crippen LogP contribution in [0.3, 0.4) is 0 Å². The van der Waals surface area contributed by atoms with Crippen LogP contribution in [0.2, 0.25) is 0 Å². The molecule has 3 N–H and O–H groups in total. The minimum atomic E-state index is -0.562. The average molecular weight is 267 g/mol. The van der Waals surface area contributed by atoms with Gasteiger partial charge in [0.05, 0.1) is 0 Å². The summed E-state index contributed by atoms with van der Waals surface area (Å²) in [6.07, 6.45) is 4.13. The third-order valence-corrected chi connectivity index (χ3v) is 4.05. The third kappa shape index (κ3) is 3.12. The van der Waals surface area contributed by atoms with Crippen molar-refractivity contribution in [2.45, 2.75) is 50.6 Å². The molecule has 106 valence electrons. The first-order chi connectivity index (χ1) is 8.99. The van der Waals surface area contributed by atoms with Gasteiger partial charge in [-0.1, -0.05) is 6.42 Å². The summed E-state index contributed by atoms with van der Waals surface area (Å²) in [5.74, 6) is -0.698. The van der Waals surface area contributed by atoms with E-state index in [9.17, 15) is 14.4 Å². The molecule has 3 atom stereocenters. The Bertz CT molecular complexity index is 397. The lowest BCUT2D eigenvalue weighted by Gasteiger charge is -2.31. The van der Waals surface area contributed by atoms with Gasteiger partial charge in [0.15, 0.2) is 0 Å². The number of nitrogens with zero attached hydrogens (tertiary/aromatic N) is 1. The maximum Gasteiger partial charge on any atom is 0.251 e. The van der Waals surface area contributed by atoms with Gasteiger partial charge in [0.2, 0.25) is 11.8 Å². The summed E-state index contributed by atoms with van der Waals surface area (Å²) >= 11 is 0. The molecule has 0 aromatic rings. The second-order valence-electron chi connectivity index (χ2n) is 5.51. The Morgan fingerprint density at radius 1 is 1.32 bits per heavy atom. The molecule has 2 rings (SSSR count). The van der Waals surface area contributed by atoms with Crippen molar-refractivity contribution >= 4 is 17.7 Å². The molecule has 1 aliphatic carbocycles. The predicted molar refractivity (Wildman–Crippen MR) is 68.9 cm³/mol. The summed E-state index contributed by atoms with van der Waals surface area (Å²) in [4.78, 5) is 36.5. The van der Waals surface area contributed by atoms with Gasteiger partial charge in [-0.15, -0.1) is 0 Å². The lowest BCUT2D eigenvalue weighted by molar-refractivity contribution is -0.149. The molecule has 1 aliphatic heterocycles. The highest BCUT2D eigenvalue weighted by molar-refractivity contribution is 6.01. The molecule has 3 unspecified atom stereocenters. The fourth-order valence-electron chi connectivity index (χ4n) is 2.80. The van der Waals surface area contributed by atoms with Crippen LogP contribution in [0.15, 0.2) is 0 Å². The smallest absolute Gasteiger partial charge is 0.251 e. The zero-order chi connectivity index (χ0) is 14.0. The minimum absolute atomic E-state index is 0.0795. The van der Waals surface area contributed by atoms with E-state index in [-0.39, 0.29) is 29.7 Å². The van der Waals surface area contributed by atoms with E-state index >= 15 is 0 Å². The van der Waals surface area contributed by atoms with E-state index < -0.39 is 6.04 Å². The summed E-state index contributed by atoms with van der Waals surface area (Å²) in [6.45, 7) is 0. The monoisotopic (exact) mass is 267 g/mol. The highest BCUT2D eigenvalue weighted by Crippen LogP contribution is 2.23. The maximum atomic E-state index is 12.1. The van der Waals surface area contributed by atoms with Crippen molar-refractivity contribution in [2.24, 2.45) is 11.7 Å². The van der Waals surface area contributed by atoms with Gasteiger partial charge in [-0.25, -0.2) is 0 Å². The van der Waals surface area contributed by atoms with Gasteiger partial charge >= 0.3 is 0 Å². The van der Waals surface area contributed by atoms with Gasteiger partial charge in [-0.2, -0.15) is 0 Å². The number of hydrogen-bond acceptors (Lipinski definition) is 4. The highest BCUT2D eigenvalue weighted by atomic mass is 16.2. The largest absolute Gasteiger partial charge is 0.344 e. The van der Waals surface area contributed by atoms with Crippen LogP contribution in [0.4, 0.5) is 0 Å². The van der Waals surface area contributed by atoms with Crippen molar-refractivity contribution in [1.82, 2.24) is 10.2 Å². The Morgan fingerprint density at radius 3 is 2.74 bits per heavy atom. The van der Waals surface area contributed by atoms with Crippen molar-refractivity contribution in [2.75, 3.05) is 7.05 Å². The van der Waals surface area contributed by atoms with Crippen molar-refractivity contribution in [3.8, 4) is 0 Å². The third-order valence-electron chi connectivity index (χ3n) is 4.05. The van der Waals surface area contributed by atoms with Crippen LogP contribution >= 0.6 is 0 Å². The SMILES string of the molecule is CN1C(=O)CCC(NC(=O)C2CCCC(N)C2)C1=O. The van der Waals surface area contributed by atoms with Crippen molar-refractivity contribution in [1.29, 1.82) is 0 Å². The van der Waals surface area contributed by atoms with Gasteiger partial charge in [0.1, 0.15) is 6.04 Å². The molecule has 2 aliphatic rings. The molecule has 2 fully saturated rings. The summed E-state index contributed by atoms with van der Waals surface area (Å²) in [6, 6.07) is -0.482. The zero-order valence-corrected chi connectivity index (χ0v) is 11.2. The number of carbonyl (C=O) groups excluding carboxylic acids is 3. The second kappa shape index (κ2) is 5.69. The van der Waals surface area contributed by atoms with E-state index in [1.165, 1.54) is 7.05 Å². The fourth-order valence-corrected chi connectivity index (χ4v) is 2.80. The van der Waals surface area contributed by atoms with Gasteiger partial charge in [0, 0.05) is 25.4 Å². The normalized spacial score (nSPS) is 32.3. The van der Waals surface area contributed by atoms with Crippen LogP contribution in [-0.2, 0) is 14.4 Å². The van der Waals surface area contributed by atoms with Crippen LogP contribution in [0.1, 0.15) is 38.5 Å². The average Bonchev–Trinajstić information content (AvgIpc) is 2.39. The number of carbonyl (C=O) groups is 3.